The maximum Gasteiger partial charge on any atom is 0.174 e. The number of unbranched alkanes of at least 4 members (excludes halogenated alkanes) is 1. The van der Waals surface area contributed by atoms with Crippen LogP contribution < -0.4 is 10.1 Å². The molecule has 0 amide bonds. The Morgan fingerprint density at radius 1 is 1.37 bits per heavy atom. The Bertz CT molecular complexity index is 468. The fraction of sp³-hybridized carbons (Fsp3) is 0.562. The van der Waals surface area contributed by atoms with Crippen LogP contribution in [-0.4, -0.2) is 25.5 Å². The number of carbonyl (C=O) groups is 1. The molecule has 1 N–H and O–H groups in total. The van der Waals surface area contributed by atoms with Gasteiger partial charge < -0.3 is 10.1 Å². The van der Waals surface area contributed by atoms with E-state index in [1.807, 2.05) is 19.9 Å². The molecule has 0 spiro atoms. The lowest BCUT2D eigenvalue weighted by Crippen LogP contribution is -2.36. The zero-order valence-electron chi connectivity index (χ0n) is 12.1. The lowest BCUT2D eigenvalue weighted by molar-refractivity contribution is 0.0828. The standard InChI is InChI=1S/C16H23NO2/c1-4-5-6-17-9-13-10-19-16-12(3)7-11(2)8-14(16)15(13)18/h7-8,13,17H,4-6,9-10H2,1-3H3/t13-/m0/s1. The molecule has 19 heavy (non-hydrogen) atoms. The van der Waals surface area contributed by atoms with E-state index in [0.29, 0.717) is 13.2 Å². The van der Waals surface area contributed by atoms with Crippen molar-refractivity contribution in [1.82, 2.24) is 5.32 Å². The molecule has 1 atom stereocenters. The molecule has 2 rings (SSSR count). The third-order valence-electron chi connectivity index (χ3n) is 3.58. The van der Waals surface area contributed by atoms with Crippen LogP contribution in [-0.2, 0) is 0 Å². The second-order valence-electron chi connectivity index (χ2n) is 5.39. The topological polar surface area (TPSA) is 38.3 Å². The van der Waals surface area contributed by atoms with E-state index in [4.69, 9.17) is 4.74 Å². The average molecular weight is 261 g/mol. The van der Waals surface area contributed by atoms with Crippen molar-refractivity contribution in [2.75, 3.05) is 19.7 Å². The molecule has 0 bridgehead atoms. The van der Waals surface area contributed by atoms with Gasteiger partial charge in [0.25, 0.3) is 0 Å². The largest absolute Gasteiger partial charge is 0.492 e. The Morgan fingerprint density at radius 2 is 2.16 bits per heavy atom. The summed E-state index contributed by atoms with van der Waals surface area (Å²) in [4.78, 5) is 12.5. The summed E-state index contributed by atoms with van der Waals surface area (Å²) in [5.41, 5.74) is 2.93. The van der Waals surface area contributed by atoms with Crippen LogP contribution >= 0.6 is 0 Å². The van der Waals surface area contributed by atoms with Gasteiger partial charge in [0, 0.05) is 6.54 Å². The van der Waals surface area contributed by atoms with Crippen molar-refractivity contribution in [1.29, 1.82) is 0 Å². The van der Waals surface area contributed by atoms with Crippen LogP contribution in [0.25, 0.3) is 0 Å². The molecule has 1 aromatic carbocycles. The summed E-state index contributed by atoms with van der Waals surface area (Å²) in [6.45, 7) is 8.36. The number of rotatable bonds is 5. The summed E-state index contributed by atoms with van der Waals surface area (Å²) in [7, 11) is 0. The van der Waals surface area contributed by atoms with Crippen LogP contribution in [0.4, 0.5) is 0 Å². The summed E-state index contributed by atoms with van der Waals surface area (Å²) < 4.78 is 5.79. The van der Waals surface area contributed by atoms with Crippen molar-refractivity contribution < 1.29 is 9.53 Å². The summed E-state index contributed by atoms with van der Waals surface area (Å²) in [5, 5.41) is 3.35. The fourth-order valence-electron chi connectivity index (χ4n) is 2.54. The molecule has 0 saturated carbocycles. The maximum absolute atomic E-state index is 12.5. The van der Waals surface area contributed by atoms with Crippen molar-refractivity contribution in [2.45, 2.75) is 33.6 Å². The van der Waals surface area contributed by atoms with E-state index in [1.165, 1.54) is 6.42 Å². The molecule has 1 heterocycles. The van der Waals surface area contributed by atoms with Crippen LogP contribution in [0, 0.1) is 19.8 Å². The molecule has 0 saturated heterocycles. The Balaban J connectivity index is 2.07. The zero-order valence-corrected chi connectivity index (χ0v) is 12.1. The fourth-order valence-corrected chi connectivity index (χ4v) is 2.54. The van der Waals surface area contributed by atoms with Crippen LogP contribution in [0.1, 0.15) is 41.3 Å². The van der Waals surface area contributed by atoms with Gasteiger partial charge in [-0.05, 0) is 44.0 Å². The van der Waals surface area contributed by atoms with Gasteiger partial charge in [0.1, 0.15) is 5.75 Å². The number of nitrogens with one attached hydrogen (secondary N) is 1. The molecule has 3 heteroatoms. The SMILES string of the molecule is CCCCNC[C@H]1COc2c(C)cc(C)cc2C1=O. The molecule has 1 aliphatic rings. The lowest BCUT2D eigenvalue weighted by Gasteiger charge is -2.26. The number of Topliss-reactive ketones (excluding diaryl/α,β-unsaturated/α-hetero) is 1. The van der Waals surface area contributed by atoms with E-state index in [-0.39, 0.29) is 11.7 Å². The number of hydrogen-bond donors (Lipinski definition) is 1. The highest BCUT2D eigenvalue weighted by molar-refractivity contribution is 6.02. The number of fused-ring (bicyclic) bond motifs is 1. The second-order valence-corrected chi connectivity index (χ2v) is 5.39. The first-order chi connectivity index (χ1) is 9.13. The molecule has 104 valence electrons. The van der Waals surface area contributed by atoms with Gasteiger partial charge in [-0.1, -0.05) is 19.4 Å². The van der Waals surface area contributed by atoms with Crippen LogP contribution in [0.3, 0.4) is 0 Å². The van der Waals surface area contributed by atoms with Gasteiger partial charge in [0.2, 0.25) is 0 Å². The van der Waals surface area contributed by atoms with Crippen molar-refractivity contribution in [3.63, 3.8) is 0 Å². The number of ketones is 1. The Kier molecular flexibility index (Phi) is 4.59. The number of hydrogen-bond acceptors (Lipinski definition) is 3. The predicted molar refractivity (Wildman–Crippen MR) is 77.0 cm³/mol. The number of carbonyl (C=O) groups excluding carboxylic acids is 1. The molecule has 0 aromatic heterocycles. The van der Waals surface area contributed by atoms with Crippen LogP contribution in [0.2, 0.25) is 0 Å². The number of benzene rings is 1. The van der Waals surface area contributed by atoms with Gasteiger partial charge >= 0.3 is 0 Å². The van der Waals surface area contributed by atoms with Gasteiger partial charge in [-0.3, -0.25) is 4.79 Å². The maximum atomic E-state index is 12.5. The first kappa shape index (κ1) is 14.1. The summed E-state index contributed by atoms with van der Waals surface area (Å²) in [6, 6.07) is 4.01. The highest BCUT2D eigenvalue weighted by Crippen LogP contribution is 2.31. The molecular formula is C16H23NO2. The van der Waals surface area contributed by atoms with Crippen LogP contribution in [0.15, 0.2) is 12.1 Å². The van der Waals surface area contributed by atoms with Gasteiger partial charge in [0.05, 0.1) is 18.1 Å². The van der Waals surface area contributed by atoms with Crippen molar-refractivity contribution in [2.24, 2.45) is 5.92 Å². The Morgan fingerprint density at radius 3 is 2.89 bits per heavy atom. The third-order valence-corrected chi connectivity index (χ3v) is 3.58. The Hall–Kier alpha value is -1.35. The summed E-state index contributed by atoms with van der Waals surface area (Å²) in [5.74, 6) is 0.947. The number of aryl methyl sites for hydroxylation is 2. The monoisotopic (exact) mass is 261 g/mol. The zero-order chi connectivity index (χ0) is 13.8. The average Bonchev–Trinajstić information content (AvgIpc) is 2.37. The first-order valence-corrected chi connectivity index (χ1v) is 7.12. The van der Waals surface area contributed by atoms with Gasteiger partial charge in [-0.2, -0.15) is 0 Å². The van der Waals surface area contributed by atoms with E-state index >= 15 is 0 Å². The first-order valence-electron chi connectivity index (χ1n) is 7.12. The third kappa shape index (κ3) is 3.16. The van der Waals surface area contributed by atoms with Crippen molar-refractivity contribution >= 4 is 5.78 Å². The Labute approximate surface area is 115 Å². The smallest absolute Gasteiger partial charge is 0.174 e. The minimum absolute atomic E-state index is 0.0504. The highest BCUT2D eigenvalue weighted by Gasteiger charge is 2.29. The summed E-state index contributed by atoms with van der Waals surface area (Å²) >= 11 is 0. The van der Waals surface area contributed by atoms with Crippen molar-refractivity contribution in [3.8, 4) is 5.75 Å². The van der Waals surface area contributed by atoms with Crippen LogP contribution in [0.5, 0.6) is 5.75 Å². The molecule has 3 nitrogen and oxygen atoms in total. The second kappa shape index (κ2) is 6.20. The van der Waals surface area contributed by atoms with E-state index in [1.54, 1.807) is 0 Å². The quantitative estimate of drug-likeness (QED) is 0.828. The molecule has 0 radical (unpaired) electrons. The van der Waals surface area contributed by atoms with E-state index < -0.39 is 0 Å². The molecule has 0 fully saturated rings. The predicted octanol–water partition coefficient (Wildman–Crippen LogP) is 2.88. The number of ether oxygens (including phenoxy) is 1. The van der Waals surface area contributed by atoms with E-state index in [0.717, 1.165) is 35.4 Å². The highest BCUT2D eigenvalue weighted by atomic mass is 16.5. The van der Waals surface area contributed by atoms with Crippen molar-refractivity contribution in [3.05, 3.63) is 28.8 Å². The molecular weight excluding hydrogens is 238 g/mol. The minimum Gasteiger partial charge on any atom is -0.492 e. The van der Waals surface area contributed by atoms with Gasteiger partial charge in [-0.25, -0.2) is 0 Å². The van der Waals surface area contributed by atoms with Gasteiger partial charge in [0.15, 0.2) is 5.78 Å². The molecule has 0 unspecified atom stereocenters. The molecule has 1 aromatic rings. The van der Waals surface area contributed by atoms with Gasteiger partial charge in [-0.15, -0.1) is 0 Å². The molecule has 1 aliphatic heterocycles. The normalized spacial score (nSPS) is 18.1. The van der Waals surface area contributed by atoms with E-state index in [2.05, 4.69) is 18.3 Å². The summed E-state index contributed by atoms with van der Waals surface area (Å²) in [6.07, 6.45) is 2.32. The lowest BCUT2D eigenvalue weighted by atomic mass is 9.92. The molecule has 0 aliphatic carbocycles. The minimum atomic E-state index is -0.0504. The van der Waals surface area contributed by atoms with E-state index in [9.17, 15) is 4.79 Å².